The Kier molecular flexibility index (Phi) is 3.43. The molecule has 0 bridgehead atoms. The second-order valence-electron chi connectivity index (χ2n) is 5.91. The molecule has 0 radical (unpaired) electrons. The molecule has 92 valence electrons. The van der Waals surface area contributed by atoms with E-state index in [0.717, 1.165) is 0 Å². The largest absolute Gasteiger partial charge is 0.498 e. The van der Waals surface area contributed by atoms with Crippen LogP contribution in [0.5, 0.6) is 0 Å². The molecule has 0 spiro atoms. The van der Waals surface area contributed by atoms with Crippen molar-refractivity contribution in [2.45, 2.75) is 46.1 Å². The number of Topliss-reactive ketones (excluding diaryl/α,β-unsaturated/α-hetero) is 1. The Morgan fingerprint density at radius 2 is 2.00 bits per heavy atom. The van der Waals surface area contributed by atoms with E-state index in [9.17, 15) is 14.7 Å². The van der Waals surface area contributed by atoms with Gasteiger partial charge < -0.3 is 9.90 Å². The summed E-state index contributed by atoms with van der Waals surface area (Å²) in [4.78, 5) is 23.0. The van der Waals surface area contributed by atoms with Gasteiger partial charge in [0.1, 0.15) is 5.78 Å². The van der Waals surface area contributed by atoms with Gasteiger partial charge in [0.15, 0.2) is 0 Å². The van der Waals surface area contributed by atoms with Gasteiger partial charge in [-0.05, 0) is 20.8 Å². The lowest BCUT2D eigenvalue weighted by Gasteiger charge is -2.48. The SMILES string of the molecule is CC1CC(=O)CC[N+](C(=O)[O-])(C(C)(C)C)C1. The van der Waals surface area contributed by atoms with E-state index in [1.165, 1.54) is 0 Å². The Hall–Kier alpha value is -0.900. The Balaban J connectivity index is 3.10. The van der Waals surface area contributed by atoms with Crippen molar-refractivity contribution in [2.24, 2.45) is 5.92 Å². The van der Waals surface area contributed by atoms with Crippen LogP contribution in [0.15, 0.2) is 0 Å². The van der Waals surface area contributed by atoms with E-state index in [-0.39, 0.29) is 16.2 Å². The Morgan fingerprint density at radius 3 is 2.44 bits per heavy atom. The topological polar surface area (TPSA) is 57.2 Å². The molecule has 1 aliphatic rings. The molecule has 0 aromatic carbocycles. The average Bonchev–Trinajstić information content (AvgIpc) is 2.23. The molecule has 1 aliphatic heterocycles. The maximum atomic E-state index is 11.5. The van der Waals surface area contributed by atoms with Gasteiger partial charge in [-0.1, -0.05) is 6.92 Å². The third-order valence-electron chi connectivity index (χ3n) is 3.61. The van der Waals surface area contributed by atoms with E-state index >= 15 is 0 Å². The zero-order valence-electron chi connectivity index (χ0n) is 10.6. The van der Waals surface area contributed by atoms with E-state index < -0.39 is 11.6 Å². The Morgan fingerprint density at radius 1 is 1.44 bits per heavy atom. The zero-order chi connectivity index (χ0) is 12.6. The second kappa shape index (κ2) is 4.17. The van der Waals surface area contributed by atoms with Gasteiger partial charge in [-0.2, -0.15) is 0 Å². The van der Waals surface area contributed by atoms with E-state index in [4.69, 9.17) is 0 Å². The summed E-state index contributed by atoms with van der Waals surface area (Å²) >= 11 is 0. The summed E-state index contributed by atoms with van der Waals surface area (Å²) in [5.74, 6) is 0.269. The molecule has 0 aromatic rings. The molecule has 1 heterocycles. The lowest BCUT2D eigenvalue weighted by Crippen LogP contribution is -2.68. The Bertz CT molecular complexity index is 306. The number of rotatable bonds is 0. The van der Waals surface area contributed by atoms with Gasteiger partial charge in [0, 0.05) is 12.3 Å². The highest BCUT2D eigenvalue weighted by Crippen LogP contribution is 2.30. The number of carbonyl (C=O) groups is 2. The number of likely N-dealkylation sites (tertiary alicyclic amines) is 1. The van der Waals surface area contributed by atoms with Crippen molar-refractivity contribution in [3.05, 3.63) is 0 Å². The first-order valence-electron chi connectivity index (χ1n) is 5.79. The van der Waals surface area contributed by atoms with Crippen molar-refractivity contribution in [3.8, 4) is 0 Å². The van der Waals surface area contributed by atoms with Crippen LogP contribution in [0, 0.1) is 5.92 Å². The van der Waals surface area contributed by atoms with Crippen LogP contribution in [-0.4, -0.2) is 35.0 Å². The van der Waals surface area contributed by atoms with E-state index in [1.54, 1.807) is 0 Å². The number of amides is 1. The van der Waals surface area contributed by atoms with E-state index in [2.05, 4.69) is 0 Å². The molecular weight excluding hydrogens is 206 g/mol. The molecule has 2 unspecified atom stereocenters. The number of carboxylic acid groups (broad SMARTS) is 1. The summed E-state index contributed by atoms with van der Waals surface area (Å²) in [6.07, 6.45) is -0.229. The first-order valence-corrected chi connectivity index (χ1v) is 5.79. The van der Waals surface area contributed by atoms with Crippen LogP contribution >= 0.6 is 0 Å². The zero-order valence-corrected chi connectivity index (χ0v) is 10.6. The Labute approximate surface area is 96.8 Å². The molecule has 0 N–H and O–H groups in total. The number of hydrogen-bond acceptors (Lipinski definition) is 3. The highest BCUT2D eigenvalue weighted by atomic mass is 16.4. The fourth-order valence-corrected chi connectivity index (χ4v) is 2.54. The molecule has 1 rings (SSSR count). The molecular formula is C12H21NO3. The summed E-state index contributed by atoms with van der Waals surface area (Å²) in [6, 6.07) is 0. The summed E-state index contributed by atoms with van der Waals surface area (Å²) in [5.41, 5.74) is -0.433. The predicted molar refractivity (Wildman–Crippen MR) is 58.5 cm³/mol. The highest BCUT2D eigenvalue weighted by molar-refractivity contribution is 5.79. The molecule has 1 amide bonds. The van der Waals surface area contributed by atoms with Crippen molar-refractivity contribution < 1.29 is 19.2 Å². The maximum Gasteiger partial charge on any atom is 0.257 e. The molecule has 1 saturated heterocycles. The molecule has 4 nitrogen and oxygen atoms in total. The molecule has 0 saturated carbocycles. The van der Waals surface area contributed by atoms with Crippen molar-refractivity contribution >= 4 is 11.9 Å². The van der Waals surface area contributed by atoms with Gasteiger partial charge in [-0.3, -0.25) is 9.28 Å². The fraction of sp³-hybridized carbons (Fsp3) is 0.833. The van der Waals surface area contributed by atoms with Gasteiger partial charge >= 0.3 is 0 Å². The number of hydrogen-bond donors (Lipinski definition) is 0. The van der Waals surface area contributed by atoms with Crippen LogP contribution in [0.25, 0.3) is 0 Å². The molecule has 16 heavy (non-hydrogen) atoms. The van der Waals surface area contributed by atoms with E-state index in [0.29, 0.717) is 25.9 Å². The number of nitrogens with zero attached hydrogens (tertiary/aromatic N) is 1. The smallest absolute Gasteiger partial charge is 0.257 e. The summed E-state index contributed by atoms with van der Waals surface area (Å²) in [6.45, 7) is 8.46. The normalized spacial score (nSPS) is 32.2. The molecule has 1 fully saturated rings. The monoisotopic (exact) mass is 227 g/mol. The van der Waals surface area contributed by atoms with Gasteiger partial charge in [0.2, 0.25) is 0 Å². The third kappa shape index (κ3) is 2.26. The minimum Gasteiger partial charge on any atom is -0.498 e. The lowest BCUT2D eigenvalue weighted by molar-refractivity contribution is -0.921. The molecule has 0 aliphatic carbocycles. The van der Waals surface area contributed by atoms with Crippen LogP contribution in [0.1, 0.15) is 40.5 Å². The highest BCUT2D eigenvalue weighted by Gasteiger charge is 2.45. The average molecular weight is 227 g/mol. The van der Waals surface area contributed by atoms with Crippen molar-refractivity contribution in [3.63, 3.8) is 0 Å². The first kappa shape index (κ1) is 13.2. The van der Waals surface area contributed by atoms with Gasteiger partial charge in [0.25, 0.3) is 6.09 Å². The van der Waals surface area contributed by atoms with Gasteiger partial charge in [-0.15, -0.1) is 0 Å². The summed E-state index contributed by atoms with van der Waals surface area (Å²) < 4.78 is -0.111. The molecule has 4 heteroatoms. The third-order valence-corrected chi connectivity index (χ3v) is 3.61. The predicted octanol–water partition coefficient (Wildman–Crippen LogP) is 0.944. The summed E-state index contributed by atoms with van der Waals surface area (Å²) in [7, 11) is 0. The number of carbonyl (C=O) groups excluding carboxylic acids is 2. The van der Waals surface area contributed by atoms with Crippen LogP contribution in [0.2, 0.25) is 0 Å². The minimum atomic E-state index is -1.06. The van der Waals surface area contributed by atoms with Crippen LogP contribution in [0.4, 0.5) is 4.79 Å². The standard InChI is InChI=1S/C12H21NO3/c1-9-7-10(14)5-6-13(8-9,11(15)16)12(2,3)4/h9H,5-8H2,1-4H3. The first-order chi connectivity index (χ1) is 7.19. The van der Waals surface area contributed by atoms with Crippen LogP contribution in [0.3, 0.4) is 0 Å². The van der Waals surface area contributed by atoms with Crippen molar-refractivity contribution in [1.29, 1.82) is 0 Å². The van der Waals surface area contributed by atoms with Crippen molar-refractivity contribution in [2.75, 3.05) is 13.1 Å². The summed E-state index contributed by atoms with van der Waals surface area (Å²) in [5, 5.41) is 11.5. The van der Waals surface area contributed by atoms with Gasteiger partial charge in [-0.25, -0.2) is 0 Å². The van der Waals surface area contributed by atoms with E-state index in [1.807, 2.05) is 27.7 Å². The minimum absolute atomic E-state index is 0.104. The lowest BCUT2D eigenvalue weighted by atomic mass is 9.99. The number of quaternary nitrogens is 1. The second-order valence-corrected chi connectivity index (χ2v) is 5.91. The van der Waals surface area contributed by atoms with Crippen LogP contribution in [-0.2, 0) is 4.79 Å². The van der Waals surface area contributed by atoms with Crippen LogP contribution < -0.4 is 5.11 Å². The quantitative estimate of drug-likeness (QED) is 0.579. The number of ketones is 1. The van der Waals surface area contributed by atoms with Crippen molar-refractivity contribution in [1.82, 2.24) is 0 Å². The molecule has 0 aromatic heterocycles. The molecule has 2 atom stereocenters. The maximum absolute atomic E-state index is 11.5. The fourth-order valence-electron chi connectivity index (χ4n) is 2.54. The van der Waals surface area contributed by atoms with Gasteiger partial charge in [0.05, 0.1) is 25.0 Å².